The van der Waals surface area contributed by atoms with E-state index >= 15 is 4.39 Å². The Morgan fingerprint density at radius 3 is 2.23 bits per heavy atom. The summed E-state index contributed by atoms with van der Waals surface area (Å²) < 4.78 is 48.1. The second kappa shape index (κ2) is 20.2. The summed E-state index contributed by atoms with van der Waals surface area (Å²) in [7, 11) is 2.58. The Morgan fingerprint density at radius 1 is 0.843 bits per heavy atom. The number of halogens is 2. The molecular formula is C48H54BrFN11O8P. The van der Waals surface area contributed by atoms with E-state index in [2.05, 4.69) is 51.8 Å². The lowest BCUT2D eigenvalue weighted by Gasteiger charge is -2.39. The van der Waals surface area contributed by atoms with Crippen LogP contribution in [0.2, 0.25) is 0 Å². The van der Waals surface area contributed by atoms with Crippen LogP contribution in [-0.2, 0) is 30.2 Å². The van der Waals surface area contributed by atoms with Crippen LogP contribution in [0.25, 0.3) is 11.1 Å². The number of nitrogens with one attached hydrogen (secondary N) is 3. The van der Waals surface area contributed by atoms with Crippen molar-refractivity contribution < 1.29 is 41.9 Å². The molecule has 1 unspecified atom stereocenters. The number of anilines is 6. The van der Waals surface area contributed by atoms with Crippen LogP contribution in [0.15, 0.2) is 65.5 Å². The van der Waals surface area contributed by atoms with Crippen LogP contribution in [-0.4, -0.2) is 126 Å². The molecule has 0 spiro atoms. The van der Waals surface area contributed by atoms with Gasteiger partial charge in [-0.2, -0.15) is 10.1 Å². The Kier molecular flexibility index (Phi) is 14.1. The summed E-state index contributed by atoms with van der Waals surface area (Å²) in [5.74, 6) is -1.39. The SMILES string of the molecule is COc1cc(N2CCN(CCC3CCN(c4cc5c(cc4F)C(=O)N(C4CCC(=O)NC4=O)C5=O)CC3)CC2)c(-c2cnn(C)c2)cc1Nc1ncc(Br)c(Nc2ccc(C)cc2P(=O)(OC)OC)n1. The topological polar surface area (TPSA) is 206 Å². The fraction of sp³-hybridized carbons (Fsp3) is 0.396. The third-order valence-corrected chi connectivity index (χ3v) is 16.0. The molecule has 0 radical (unpaired) electrons. The normalized spacial score (nSPS) is 18.1. The molecule has 0 bridgehead atoms. The number of aryl methyl sites for hydroxylation is 2. The molecule has 2 aromatic heterocycles. The molecule has 0 saturated carbocycles. The Morgan fingerprint density at radius 2 is 1.56 bits per heavy atom. The molecule has 70 heavy (non-hydrogen) atoms. The second-order valence-corrected chi connectivity index (χ2v) is 20.9. The molecule has 3 fully saturated rings. The molecule has 5 aromatic rings. The van der Waals surface area contributed by atoms with E-state index in [0.29, 0.717) is 51.7 Å². The van der Waals surface area contributed by atoms with E-state index in [9.17, 15) is 23.7 Å². The first-order valence-electron chi connectivity index (χ1n) is 23.0. The fourth-order valence-corrected chi connectivity index (χ4v) is 11.3. The van der Waals surface area contributed by atoms with Crippen LogP contribution in [0.4, 0.5) is 38.9 Å². The zero-order valence-electron chi connectivity index (χ0n) is 39.5. The number of piperidine rings is 2. The number of benzene rings is 3. The van der Waals surface area contributed by atoms with E-state index in [4.69, 9.17) is 18.8 Å². The lowest BCUT2D eigenvalue weighted by molar-refractivity contribution is -0.136. The predicted molar refractivity (Wildman–Crippen MR) is 265 cm³/mol. The Hall–Kier alpha value is -6.25. The van der Waals surface area contributed by atoms with E-state index in [-0.39, 0.29) is 35.6 Å². The molecule has 1 atom stereocenters. The number of methoxy groups -OCH3 is 1. The lowest BCUT2D eigenvalue weighted by atomic mass is 9.92. The molecule has 6 heterocycles. The van der Waals surface area contributed by atoms with Crippen LogP contribution in [0.3, 0.4) is 0 Å². The summed E-state index contributed by atoms with van der Waals surface area (Å²) >= 11 is 3.56. The number of ether oxygens (including phenoxy) is 1. The van der Waals surface area contributed by atoms with E-state index < -0.39 is 43.1 Å². The van der Waals surface area contributed by atoms with Gasteiger partial charge in [-0.1, -0.05) is 11.6 Å². The number of carbonyl (C=O) groups is 4. The number of aromatic nitrogens is 4. The number of carbonyl (C=O) groups excluding carboxylic acids is 4. The van der Waals surface area contributed by atoms with Gasteiger partial charge in [0.2, 0.25) is 17.8 Å². The van der Waals surface area contributed by atoms with Gasteiger partial charge in [0.15, 0.2) is 0 Å². The maximum Gasteiger partial charge on any atom is 0.362 e. The van der Waals surface area contributed by atoms with Gasteiger partial charge in [-0.15, -0.1) is 0 Å². The van der Waals surface area contributed by atoms with Crippen LogP contribution < -0.4 is 35.8 Å². The van der Waals surface area contributed by atoms with Crippen molar-refractivity contribution in [1.82, 2.24) is 34.9 Å². The fourth-order valence-electron chi connectivity index (χ4n) is 9.66. The third-order valence-electron chi connectivity index (χ3n) is 13.5. The summed E-state index contributed by atoms with van der Waals surface area (Å²) in [6.45, 7) is 7.30. The molecule has 368 valence electrons. The molecule has 19 nitrogen and oxygen atoms in total. The van der Waals surface area contributed by atoms with Crippen LogP contribution in [0, 0.1) is 18.7 Å². The highest BCUT2D eigenvalue weighted by molar-refractivity contribution is 9.10. The molecule has 4 amide bonds. The minimum Gasteiger partial charge on any atom is -0.494 e. The van der Waals surface area contributed by atoms with Gasteiger partial charge < -0.3 is 34.2 Å². The maximum absolute atomic E-state index is 15.6. The molecule has 22 heteroatoms. The minimum atomic E-state index is -3.62. The van der Waals surface area contributed by atoms with Crippen molar-refractivity contribution in [3.05, 3.63) is 88.0 Å². The number of fused-ring (bicyclic) bond motifs is 1. The van der Waals surface area contributed by atoms with E-state index in [0.717, 1.165) is 85.3 Å². The zero-order chi connectivity index (χ0) is 49.4. The number of nitrogens with zero attached hydrogens (tertiary/aromatic N) is 8. The lowest BCUT2D eigenvalue weighted by Crippen LogP contribution is -2.54. The van der Waals surface area contributed by atoms with Gasteiger partial charge in [-0.25, -0.2) is 9.37 Å². The summed E-state index contributed by atoms with van der Waals surface area (Å²) in [5, 5.41) is 13.7. The van der Waals surface area contributed by atoms with Crippen LogP contribution in [0.1, 0.15) is 58.4 Å². The minimum absolute atomic E-state index is 0.00999. The number of amides is 4. The van der Waals surface area contributed by atoms with Gasteiger partial charge in [0, 0.05) is 102 Å². The van der Waals surface area contributed by atoms with Crippen molar-refractivity contribution in [2.75, 3.05) is 87.6 Å². The highest BCUT2D eigenvalue weighted by atomic mass is 79.9. The first kappa shape index (κ1) is 48.8. The molecule has 4 aliphatic heterocycles. The number of imide groups is 2. The number of rotatable bonds is 15. The first-order chi connectivity index (χ1) is 33.7. The third kappa shape index (κ3) is 9.77. The van der Waals surface area contributed by atoms with Gasteiger partial charge in [-0.3, -0.25) is 43.5 Å². The Balaban J connectivity index is 0.834. The van der Waals surface area contributed by atoms with E-state index in [1.807, 2.05) is 49.5 Å². The first-order valence-corrected chi connectivity index (χ1v) is 25.4. The van der Waals surface area contributed by atoms with Crippen molar-refractivity contribution >= 4 is 87.0 Å². The smallest absolute Gasteiger partial charge is 0.362 e. The number of hydrogen-bond acceptors (Lipinski definition) is 16. The molecule has 4 aliphatic rings. The highest BCUT2D eigenvalue weighted by Gasteiger charge is 2.45. The average Bonchev–Trinajstić information content (AvgIpc) is 3.90. The Labute approximate surface area is 412 Å². The van der Waals surface area contributed by atoms with Crippen molar-refractivity contribution in [3.63, 3.8) is 0 Å². The van der Waals surface area contributed by atoms with Crippen molar-refractivity contribution in [2.24, 2.45) is 13.0 Å². The van der Waals surface area contributed by atoms with Gasteiger partial charge >= 0.3 is 7.60 Å². The molecule has 3 saturated heterocycles. The highest BCUT2D eigenvalue weighted by Crippen LogP contribution is 2.48. The number of piperazine rings is 1. The van der Waals surface area contributed by atoms with Gasteiger partial charge in [-0.05, 0) is 91.3 Å². The maximum atomic E-state index is 15.6. The molecule has 3 N–H and O–H groups in total. The van der Waals surface area contributed by atoms with E-state index in [1.54, 1.807) is 30.1 Å². The quantitative estimate of drug-likeness (QED) is 0.0754. The molecule has 3 aromatic carbocycles. The van der Waals surface area contributed by atoms with Gasteiger partial charge in [0.1, 0.15) is 23.4 Å². The van der Waals surface area contributed by atoms with Gasteiger partial charge in [0.25, 0.3) is 11.8 Å². The van der Waals surface area contributed by atoms with E-state index in [1.165, 1.54) is 20.3 Å². The number of hydrogen-bond donors (Lipinski definition) is 3. The summed E-state index contributed by atoms with van der Waals surface area (Å²) in [6, 6.07) is 10.9. The molecule has 9 rings (SSSR count). The predicted octanol–water partition coefficient (Wildman–Crippen LogP) is 6.52. The Bertz CT molecular complexity index is 2910. The van der Waals surface area contributed by atoms with Crippen LogP contribution >= 0.6 is 23.5 Å². The zero-order valence-corrected chi connectivity index (χ0v) is 41.9. The second-order valence-electron chi connectivity index (χ2n) is 17.8. The molecule has 0 aliphatic carbocycles. The summed E-state index contributed by atoms with van der Waals surface area (Å²) in [6.07, 6.45) is 8.17. The monoisotopic (exact) mass is 1040 g/mol. The standard InChI is InChI=1S/C48H54BrFN11O8P/c1-28-6-7-36(42(20-28)70(66,68-4)69-5)53-44-34(49)26-51-48(56-44)54-37-22-31(30-25-52-57(2)27-30)39(24-41(37)67-3)60-18-16-58(17-19-60)13-10-29-11-14-59(15-12-29)40-23-33-32(21-35(40)50)46(64)61(47(33)65)38-8-9-43(62)55-45(38)63/h6-7,20-27,29,38H,8-19H2,1-5H3,(H,55,62,63)(H2,51,53,54,56). The average molecular weight is 1040 g/mol. The van der Waals surface area contributed by atoms with Crippen molar-refractivity contribution in [1.29, 1.82) is 0 Å². The van der Waals surface area contributed by atoms with Gasteiger partial charge in [0.05, 0.1) is 51.3 Å². The summed E-state index contributed by atoms with van der Waals surface area (Å²) in [4.78, 5) is 67.8. The largest absolute Gasteiger partial charge is 0.494 e. The van der Waals surface area contributed by atoms with Crippen molar-refractivity contribution in [3.8, 4) is 16.9 Å². The van der Waals surface area contributed by atoms with Crippen LogP contribution in [0.5, 0.6) is 5.75 Å². The summed E-state index contributed by atoms with van der Waals surface area (Å²) in [5.41, 5.74) is 5.18. The molecular weight excluding hydrogens is 988 g/mol. The van der Waals surface area contributed by atoms with Crippen molar-refractivity contribution in [2.45, 2.75) is 45.1 Å².